The second kappa shape index (κ2) is 7.67. The minimum Gasteiger partial charge on any atom is -0.315 e. The van der Waals surface area contributed by atoms with Gasteiger partial charge in [-0.2, -0.15) is 23.1 Å². The van der Waals surface area contributed by atoms with Gasteiger partial charge in [0.05, 0.1) is 0 Å². The Balaban J connectivity index is 1.55. The van der Waals surface area contributed by atoms with Crippen molar-refractivity contribution in [3.05, 3.63) is 22.4 Å². The predicted molar refractivity (Wildman–Crippen MR) is 88.5 cm³/mol. The lowest BCUT2D eigenvalue weighted by Crippen LogP contribution is -2.34. The summed E-state index contributed by atoms with van der Waals surface area (Å²) in [6, 6.07) is 2.22. The molecule has 0 bridgehead atoms. The molecule has 1 aliphatic rings. The Bertz CT molecular complexity index is 349. The summed E-state index contributed by atoms with van der Waals surface area (Å²) in [5, 5.41) is 7.97. The largest absolute Gasteiger partial charge is 0.315 e. The summed E-state index contributed by atoms with van der Waals surface area (Å²) in [5.74, 6) is 1.28. The highest BCUT2D eigenvalue weighted by molar-refractivity contribution is 8.00. The van der Waals surface area contributed by atoms with Crippen LogP contribution < -0.4 is 5.32 Å². The van der Waals surface area contributed by atoms with Crippen molar-refractivity contribution < 1.29 is 0 Å². The molecule has 0 unspecified atom stereocenters. The lowest BCUT2D eigenvalue weighted by Gasteiger charge is -2.22. The number of rotatable bonds is 6. The molecule has 4 heteroatoms. The highest BCUT2D eigenvalue weighted by Gasteiger charge is 2.23. The van der Waals surface area contributed by atoms with Gasteiger partial charge in [0, 0.05) is 30.1 Å². The van der Waals surface area contributed by atoms with Gasteiger partial charge in [0.15, 0.2) is 0 Å². The summed E-state index contributed by atoms with van der Waals surface area (Å²) in [6.07, 6.45) is 2.47. The lowest BCUT2D eigenvalue weighted by molar-refractivity contribution is 0.284. The van der Waals surface area contributed by atoms with Crippen molar-refractivity contribution in [1.29, 1.82) is 0 Å². The summed E-state index contributed by atoms with van der Waals surface area (Å²) in [4.78, 5) is 2.61. The third-order valence-electron chi connectivity index (χ3n) is 3.71. The first kappa shape index (κ1) is 15.4. The molecule has 1 aliphatic heterocycles. The van der Waals surface area contributed by atoms with Crippen molar-refractivity contribution in [2.45, 2.75) is 31.4 Å². The van der Waals surface area contributed by atoms with Gasteiger partial charge in [0.1, 0.15) is 0 Å². The summed E-state index contributed by atoms with van der Waals surface area (Å²) in [7, 11) is 0. The van der Waals surface area contributed by atoms with Gasteiger partial charge in [-0.15, -0.1) is 0 Å². The van der Waals surface area contributed by atoms with Crippen LogP contribution in [0.15, 0.2) is 16.8 Å². The van der Waals surface area contributed by atoms with Crippen molar-refractivity contribution in [3.8, 4) is 0 Å². The lowest BCUT2D eigenvalue weighted by atomic mass is 10.1. The zero-order valence-electron chi connectivity index (χ0n) is 12.2. The second-order valence-electron chi connectivity index (χ2n) is 5.83. The zero-order valence-corrected chi connectivity index (χ0v) is 13.8. The predicted octanol–water partition coefficient (Wildman–Crippen LogP) is 3.10. The fourth-order valence-electron chi connectivity index (χ4n) is 2.32. The number of thioether (sulfide) groups is 1. The molecule has 1 aromatic rings. The van der Waals surface area contributed by atoms with Gasteiger partial charge >= 0.3 is 0 Å². The number of nitrogens with zero attached hydrogens (tertiary/aromatic N) is 1. The van der Waals surface area contributed by atoms with E-state index in [9.17, 15) is 0 Å². The molecule has 2 rings (SSSR count). The van der Waals surface area contributed by atoms with Crippen LogP contribution in [-0.2, 0) is 6.42 Å². The van der Waals surface area contributed by atoms with Gasteiger partial charge in [-0.05, 0) is 48.3 Å². The van der Waals surface area contributed by atoms with Crippen molar-refractivity contribution in [2.24, 2.45) is 0 Å². The van der Waals surface area contributed by atoms with Crippen molar-refractivity contribution >= 4 is 23.1 Å². The van der Waals surface area contributed by atoms with Crippen LogP contribution >= 0.6 is 23.1 Å². The molecule has 2 heterocycles. The molecule has 1 N–H and O–H groups in total. The van der Waals surface area contributed by atoms with Gasteiger partial charge in [0.2, 0.25) is 0 Å². The molecule has 0 amide bonds. The fraction of sp³-hybridized carbons (Fsp3) is 0.733. The third kappa shape index (κ3) is 5.86. The van der Waals surface area contributed by atoms with E-state index in [0.717, 1.165) is 19.5 Å². The van der Waals surface area contributed by atoms with Gasteiger partial charge in [-0.3, -0.25) is 0 Å². The Morgan fingerprint density at radius 1 is 1.32 bits per heavy atom. The average molecular weight is 299 g/mol. The van der Waals surface area contributed by atoms with Crippen molar-refractivity contribution in [3.63, 3.8) is 0 Å². The Hall–Kier alpha value is -0.0300. The molecule has 1 saturated heterocycles. The van der Waals surface area contributed by atoms with Gasteiger partial charge < -0.3 is 10.2 Å². The molecule has 2 nitrogen and oxygen atoms in total. The first-order valence-electron chi connectivity index (χ1n) is 7.24. The van der Waals surface area contributed by atoms with Crippen LogP contribution in [0.1, 0.15) is 25.8 Å². The maximum atomic E-state index is 3.57. The minimum atomic E-state index is 0.473. The minimum absolute atomic E-state index is 0.473. The first-order valence-corrected chi connectivity index (χ1v) is 9.17. The van der Waals surface area contributed by atoms with E-state index in [-0.39, 0.29) is 0 Å². The van der Waals surface area contributed by atoms with Crippen molar-refractivity contribution in [2.75, 3.05) is 38.5 Å². The van der Waals surface area contributed by atoms with Gasteiger partial charge in [0.25, 0.3) is 0 Å². The van der Waals surface area contributed by atoms with Crippen LogP contribution in [0.4, 0.5) is 0 Å². The monoisotopic (exact) mass is 298 g/mol. The number of thiophene rings is 1. The Morgan fingerprint density at radius 3 is 3.00 bits per heavy atom. The quantitative estimate of drug-likeness (QED) is 0.813. The van der Waals surface area contributed by atoms with E-state index in [1.54, 1.807) is 11.3 Å². The Kier molecular flexibility index (Phi) is 6.20. The van der Waals surface area contributed by atoms with Crippen molar-refractivity contribution in [1.82, 2.24) is 10.2 Å². The van der Waals surface area contributed by atoms with Gasteiger partial charge in [-0.25, -0.2) is 0 Å². The van der Waals surface area contributed by atoms with E-state index in [1.165, 1.54) is 37.4 Å². The molecular weight excluding hydrogens is 272 g/mol. The molecule has 0 aromatic carbocycles. The summed E-state index contributed by atoms with van der Waals surface area (Å²) in [5.41, 5.74) is 1.46. The van der Waals surface area contributed by atoms with Crippen LogP contribution in [0.2, 0.25) is 0 Å². The average Bonchev–Trinajstić information content (AvgIpc) is 2.81. The SMILES string of the molecule is CC1(C)CCN(CCNCCc2ccsc2)CCS1. The molecule has 0 atom stereocenters. The maximum absolute atomic E-state index is 3.57. The fourth-order valence-corrected chi connectivity index (χ4v) is 4.16. The van der Waals surface area contributed by atoms with E-state index in [0.29, 0.717) is 4.75 Å². The summed E-state index contributed by atoms with van der Waals surface area (Å²) < 4.78 is 0.473. The molecule has 0 aliphatic carbocycles. The van der Waals surface area contributed by atoms with Crippen LogP contribution in [0.25, 0.3) is 0 Å². The molecule has 19 heavy (non-hydrogen) atoms. The van der Waals surface area contributed by atoms with Crippen LogP contribution in [0, 0.1) is 0 Å². The number of nitrogens with one attached hydrogen (secondary N) is 1. The van der Waals surface area contributed by atoms with Crippen LogP contribution in [0.5, 0.6) is 0 Å². The van der Waals surface area contributed by atoms with Crippen LogP contribution in [-0.4, -0.2) is 48.1 Å². The molecule has 108 valence electrons. The van der Waals surface area contributed by atoms with E-state index < -0.39 is 0 Å². The van der Waals surface area contributed by atoms with E-state index >= 15 is 0 Å². The molecule has 1 fully saturated rings. The maximum Gasteiger partial charge on any atom is 0.0116 e. The molecule has 0 saturated carbocycles. The van der Waals surface area contributed by atoms with E-state index in [4.69, 9.17) is 0 Å². The normalized spacial score (nSPS) is 20.3. The first-order chi connectivity index (χ1) is 9.16. The zero-order chi connectivity index (χ0) is 13.6. The molecule has 1 aromatic heterocycles. The van der Waals surface area contributed by atoms with Crippen LogP contribution in [0.3, 0.4) is 0 Å². The highest BCUT2D eigenvalue weighted by atomic mass is 32.2. The summed E-state index contributed by atoms with van der Waals surface area (Å²) in [6.45, 7) is 10.7. The Morgan fingerprint density at radius 2 is 2.21 bits per heavy atom. The molecule has 0 radical (unpaired) electrons. The second-order valence-corrected chi connectivity index (χ2v) is 8.41. The third-order valence-corrected chi connectivity index (χ3v) is 5.81. The van der Waals surface area contributed by atoms with E-state index in [2.05, 4.69) is 52.7 Å². The number of hydrogen-bond acceptors (Lipinski definition) is 4. The van der Waals surface area contributed by atoms with Gasteiger partial charge in [-0.1, -0.05) is 13.8 Å². The highest BCUT2D eigenvalue weighted by Crippen LogP contribution is 2.30. The molecular formula is C15H26N2S2. The Labute approximate surface area is 126 Å². The smallest absolute Gasteiger partial charge is 0.0116 e. The topological polar surface area (TPSA) is 15.3 Å². The summed E-state index contributed by atoms with van der Waals surface area (Å²) >= 11 is 3.92. The number of hydrogen-bond donors (Lipinski definition) is 1. The molecule has 0 spiro atoms. The van der Waals surface area contributed by atoms with E-state index in [1.807, 2.05) is 0 Å². The standard InChI is InChI=1S/C15H26N2S2/c1-15(2)5-8-17(10-12-19-15)9-7-16-6-3-14-4-11-18-13-14/h4,11,13,16H,3,5-10,12H2,1-2H3.